The normalized spacial score (nSPS) is 18.0. The number of benzene rings is 2. The van der Waals surface area contributed by atoms with E-state index in [1.165, 1.54) is 16.7 Å². The second kappa shape index (κ2) is 9.88. The van der Waals surface area contributed by atoms with E-state index in [1.54, 1.807) is 0 Å². The number of ether oxygens (including phenoxy) is 2. The minimum Gasteiger partial charge on any atom is -0.491 e. The Bertz CT molecular complexity index is 678. The lowest BCUT2D eigenvalue weighted by molar-refractivity contribution is 0.0313. The van der Waals surface area contributed by atoms with Gasteiger partial charge in [-0.15, -0.1) is 0 Å². The van der Waals surface area contributed by atoms with Crippen molar-refractivity contribution in [2.24, 2.45) is 0 Å². The molecule has 0 saturated carbocycles. The Morgan fingerprint density at radius 2 is 1.74 bits per heavy atom. The van der Waals surface area contributed by atoms with E-state index < -0.39 is 6.10 Å². The van der Waals surface area contributed by atoms with Crippen molar-refractivity contribution in [3.05, 3.63) is 65.2 Å². The number of aliphatic hydroxyl groups excluding tert-OH is 1. The van der Waals surface area contributed by atoms with Gasteiger partial charge in [-0.3, -0.25) is 4.90 Å². The van der Waals surface area contributed by atoms with Gasteiger partial charge in [0.2, 0.25) is 0 Å². The molecule has 1 fully saturated rings. The Morgan fingerprint density at radius 1 is 1.07 bits per heavy atom. The molecule has 1 N–H and O–H groups in total. The first-order valence-corrected chi connectivity index (χ1v) is 9.85. The molecule has 2 unspecified atom stereocenters. The third kappa shape index (κ3) is 6.65. The van der Waals surface area contributed by atoms with Gasteiger partial charge >= 0.3 is 0 Å². The van der Waals surface area contributed by atoms with Gasteiger partial charge in [-0.25, -0.2) is 0 Å². The van der Waals surface area contributed by atoms with E-state index in [2.05, 4.69) is 36.1 Å². The number of rotatable bonds is 9. The van der Waals surface area contributed by atoms with Crippen LogP contribution in [0.2, 0.25) is 0 Å². The molecule has 2 aromatic carbocycles. The summed E-state index contributed by atoms with van der Waals surface area (Å²) in [6.07, 6.45) is 1.95. The van der Waals surface area contributed by atoms with E-state index in [0.29, 0.717) is 13.2 Å². The standard InChI is InChI=1S/C23H31NO3/c1-18-5-9-20(10-6-18)14-24(16-23-4-3-13-26-23)15-21(25)17-27-22-11-7-19(2)8-12-22/h5-12,21,23,25H,3-4,13-17H2,1-2H3. The van der Waals surface area contributed by atoms with Crippen molar-refractivity contribution in [2.75, 3.05) is 26.3 Å². The van der Waals surface area contributed by atoms with Crippen molar-refractivity contribution in [1.82, 2.24) is 4.90 Å². The fourth-order valence-electron chi connectivity index (χ4n) is 3.41. The van der Waals surface area contributed by atoms with E-state index in [9.17, 15) is 5.11 Å². The molecule has 0 bridgehead atoms. The zero-order valence-electron chi connectivity index (χ0n) is 16.4. The Morgan fingerprint density at radius 3 is 2.37 bits per heavy atom. The minimum atomic E-state index is -0.543. The van der Waals surface area contributed by atoms with Gasteiger partial charge in [0.05, 0.1) is 6.10 Å². The van der Waals surface area contributed by atoms with Crippen LogP contribution in [0.4, 0.5) is 0 Å². The molecule has 0 radical (unpaired) electrons. The van der Waals surface area contributed by atoms with Gasteiger partial charge in [0.25, 0.3) is 0 Å². The summed E-state index contributed by atoms with van der Waals surface area (Å²) in [4.78, 5) is 2.28. The first-order valence-electron chi connectivity index (χ1n) is 9.85. The molecule has 1 aliphatic rings. The number of aryl methyl sites for hydroxylation is 2. The summed E-state index contributed by atoms with van der Waals surface area (Å²) >= 11 is 0. The summed E-state index contributed by atoms with van der Waals surface area (Å²) < 4.78 is 11.6. The minimum absolute atomic E-state index is 0.265. The first kappa shape index (κ1) is 19.9. The predicted molar refractivity (Wildman–Crippen MR) is 108 cm³/mol. The summed E-state index contributed by atoms with van der Waals surface area (Å²) in [5.41, 5.74) is 3.71. The molecular formula is C23H31NO3. The predicted octanol–water partition coefficient (Wildman–Crippen LogP) is 3.72. The molecule has 1 heterocycles. The topological polar surface area (TPSA) is 41.9 Å². The molecule has 4 nitrogen and oxygen atoms in total. The second-order valence-electron chi connectivity index (χ2n) is 7.59. The molecule has 4 heteroatoms. The monoisotopic (exact) mass is 369 g/mol. The van der Waals surface area contributed by atoms with Crippen LogP contribution in [0.25, 0.3) is 0 Å². The molecule has 2 atom stereocenters. The third-order valence-corrected chi connectivity index (χ3v) is 4.94. The van der Waals surface area contributed by atoms with Gasteiger partial charge in [0.1, 0.15) is 18.5 Å². The molecule has 3 rings (SSSR count). The van der Waals surface area contributed by atoms with Crippen molar-refractivity contribution in [1.29, 1.82) is 0 Å². The van der Waals surface area contributed by atoms with Gasteiger partial charge in [0, 0.05) is 26.2 Å². The Hall–Kier alpha value is -1.88. The number of nitrogens with zero attached hydrogens (tertiary/aromatic N) is 1. The molecule has 0 aliphatic carbocycles. The number of hydrogen-bond donors (Lipinski definition) is 1. The number of hydrogen-bond acceptors (Lipinski definition) is 4. The van der Waals surface area contributed by atoms with Gasteiger partial charge in [-0.05, 0) is 44.4 Å². The van der Waals surface area contributed by atoms with Crippen molar-refractivity contribution in [3.8, 4) is 5.75 Å². The van der Waals surface area contributed by atoms with E-state index in [0.717, 1.165) is 38.3 Å². The highest BCUT2D eigenvalue weighted by Crippen LogP contribution is 2.16. The van der Waals surface area contributed by atoms with Crippen molar-refractivity contribution < 1.29 is 14.6 Å². The molecule has 27 heavy (non-hydrogen) atoms. The molecule has 1 saturated heterocycles. The summed E-state index contributed by atoms with van der Waals surface area (Å²) in [6.45, 7) is 7.50. The van der Waals surface area contributed by atoms with Crippen LogP contribution < -0.4 is 4.74 Å². The average molecular weight is 370 g/mol. The van der Waals surface area contributed by atoms with E-state index in [1.807, 2.05) is 31.2 Å². The second-order valence-corrected chi connectivity index (χ2v) is 7.59. The molecule has 146 valence electrons. The maximum atomic E-state index is 10.5. The van der Waals surface area contributed by atoms with Crippen LogP contribution in [0, 0.1) is 13.8 Å². The van der Waals surface area contributed by atoms with Crippen LogP contribution in [0.1, 0.15) is 29.5 Å². The molecule has 0 amide bonds. The Kier molecular flexibility index (Phi) is 7.27. The van der Waals surface area contributed by atoms with Crippen LogP contribution in [-0.2, 0) is 11.3 Å². The van der Waals surface area contributed by atoms with E-state index >= 15 is 0 Å². The highest BCUT2D eigenvalue weighted by atomic mass is 16.5. The smallest absolute Gasteiger partial charge is 0.119 e. The highest BCUT2D eigenvalue weighted by Gasteiger charge is 2.21. The van der Waals surface area contributed by atoms with Crippen LogP contribution in [-0.4, -0.2) is 48.5 Å². The fraction of sp³-hybridized carbons (Fsp3) is 0.478. The maximum Gasteiger partial charge on any atom is 0.119 e. The molecule has 0 aromatic heterocycles. The first-order chi connectivity index (χ1) is 13.1. The maximum absolute atomic E-state index is 10.5. The van der Waals surface area contributed by atoms with Crippen LogP contribution >= 0.6 is 0 Å². The average Bonchev–Trinajstić information content (AvgIpc) is 3.16. The van der Waals surface area contributed by atoms with Crippen molar-refractivity contribution in [3.63, 3.8) is 0 Å². The van der Waals surface area contributed by atoms with Crippen LogP contribution in [0.5, 0.6) is 5.75 Å². The quantitative estimate of drug-likeness (QED) is 0.731. The lowest BCUT2D eigenvalue weighted by Gasteiger charge is -2.27. The molecule has 2 aromatic rings. The van der Waals surface area contributed by atoms with E-state index in [4.69, 9.17) is 9.47 Å². The van der Waals surface area contributed by atoms with Gasteiger partial charge in [-0.2, -0.15) is 0 Å². The van der Waals surface area contributed by atoms with Gasteiger partial charge in [-0.1, -0.05) is 47.5 Å². The largest absolute Gasteiger partial charge is 0.491 e. The highest BCUT2D eigenvalue weighted by molar-refractivity contribution is 5.26. The van der Waals surface area contributed by atoms with Crippen LogP contribution in [0.3, 0.4) is 0 Å². The fourth-order valence-corrected chi connectivity index (χ4v) is 3.41. The van der Waals surface area contributed by atoms with Crippen molar-refractivity contribution >= 4 is 0 Å². The zero-order valence-corrected chi connectivity index (χ0v) is 16.4. The summed E-state index contributed by atoms with van der Waals surface area (Å²) in [5, 5.41) is 10.5. The zero-order chi connectivity index (χ0) is 19.1. The summed E-state index contributed by atoms with van der Waals surface area (Å²) in [7, 11) is 0. The van der Waals surface area contributed by atoms with Crippen molar-refractivity contribution in [2.45, 2.75) is 45.4 Å². The molecular weight excluding hydrogens is 338 g/mol. The summed E-state index contributed by atoms with van der Waals surface area (Å²) in [6, 6.07) is 16.5. The Labute approximate surface area is 162 Å². The molecule has 0 spiro atoms. The van der Waals surface area contributed by atoms with Gasteiger partial charge in [0.15, 0.2) is 0 Å². The molecule has 1 aliphatic heterocycles. The van der Waals surface area contributed by atoms with Crippen LogP contribution in [0.15, 0.2) is 48.5 Å². The SMILES string of the molecule is Cc1ccc(CN(CC(O)COc2ccc(C)cc2)CC2CCCO2)cc1. The number of aliphatic hydroxyl groups is 1. The Balaban J connectivity index is 1.55. The lowest BCUT2D eigenvalue weighted by Crippen LogP contribution is -2.39. The van der Waals surface area contributed by atoms with E-state index in [-0.39, 0.29) is 6.10 Å². The third-order valence-electron chi connectivity index (χ3n) is 4.94. The van der Waals surface area contributed by atoms with Gasteiger partial charge < -0.3 is 14.6 Å². The lowest BCUT2D eigenvalue weighted by atomic mass is 10.1. The summed E-state index contributed by atoms with van der Waals surface area (Å²) in [5.74, 6) is 0.795.